The molecule has 0 aliphatic rings. The number of rotatable bonds is 8. The first-order chi connectivity index (χ1) is 10.8. The lowest BCUT2D eigenvalue weighted by Gasteiger charge is -2.24. The first kappa shape index (κ1) is 18.7. The SMILES string of the molecule is CC(C)C(Cc1ccc(OC(=O)OCO[N+](=O)[O-])cc1)C(C)C. The Morgan fingerprint density at radius 2 is 1.70 bits per heavy atom. The van der Waals surface area contributed by atoms with Crippen molar-refractivity contribution in [2.75, 3.05) is 6.79 Å². The molecule has 0 N–H and O–H groups in total. The summed E-state index contributed by atoms with van der Waals surface area (Å²) in [6.07, 6.45) is -0.0988. The molecule has 0 heterocycles. The van der Waals surface area contributed by atoms with E-state index in [0.717, 1.165) is 12.0 Å². The van der Waals surface area contributed by atoms with Crippen LogP contribution in [-0.2, 0) is 16.0 Å². The Morgan fingerprint density at radius 3 is 2.17 bits per heavy atom. The molecule has 1 aromatic carbocycles. The molecule has 0 unspecified atom stereocenters. The summed E-state index contributed by atoms with van der Waals surface area (Å²) >= 11 is 0. The number of nitrogens with zero attached hydrogens (tertiary/aromatic N) is 1. The second kappa shape index (κ2) is 8.97. The van der Waals surface area contributed by atoms with Gasteiger partial charge in [-0.05, 0) is 41.9 Å². The lowest BCUT2D eigenvalue weighted by molar-refractivity contribution is -0.765. The van der Waals surface area contributed by atoms with Crippen LogP contribution in [0.4, 0.5) is 4.79 Å². The highest BCUT2D eigenvalue weighted by Crippen LogP contribution is 2.25. The van der Waals surface area contributed by atoms with Crippen molar-refractivity contribution >= 4 is 6.16 Å². The van der Waals surface area contributed by atoms with Crippen LogP contribution in [0.15, 0.2) is 24.3 Å². The summed E-state index contributed by atoms with van der Waals surface area (Å²) in [5, 5.41) is 8.86. The fraction of sp³-hybridized carbons (Fsp3) is 0.562. The van der Waals surface area contributed by atoms with E-state index in [2.05, 4.69) is 37.3 Å². The maximum absolute atomic E-state index is 11.3. The molecule has 0 saturated carbocycles. The molecule has 23 heavy (non-hydrogen) atoms. The van der Waals surface area contributed by atoms with Crippen LogP contribution >= 0.6 is 0 Å². The average molecular weight is 325 g/mol. The molecule has 7 heteroatoms. The fourth-order valence-electron chi connectivity index (χ4n) is 2.45. The second-order valence-electron chi connectivity index (χ2n) is 5.97. The smallest absolute Gasteiger partial charge is 0.406 e. The summed E-state index contributed by atoms with van der Waals surface area (Å²) in [5.74, 6) is 2.06. The van der Waals surface area contributed by atoms with Gasteiger partial charge in [-0.1, -0.05) is 39.8 Å². The third-order valence-corrected chi connectivity index (χ3v) is 3.64. The molecular formula is C16H23NO6. The molecule has 0 aliphatic heterocycles. The maximum atomic E-state index is 11.3. The van der Waals surface area contributed by atoms with Gasteiger partial charge in [0.15, 0.2) is 0 Å². The van der Waals surface area contributed by atoms with Crippen LogP contribution in [0.25, 0.3) is 0 Å². The van der Waals surface area contributed by atoms with Gasteiger partial charge in [-0.15, -0.1) is 10.1 Å². The van der Waals surface area contributed by atoms with Gasteiger partial charge in [0.25, 0.3) is 5.09 Å². The number of ether oxygens (including phenoxy) is 2. The summed E-state index contributed by atoms with van der Waals surface area (Å²) in [4.78, 5) is 25.1. The molecule has 0 amide bonds. The second-order valence-corrected chi connectivity index (χ2v) is 5.97. The van der Waals surface area contributed by atoms with Crippen LogP contribution in [0.3, 0.4) is 0 Å². The van der Waals surface area contributed by atoms with Crippen molar-refractivity contribution in [1.82, 2.24) is 0 Å². The van der Waals surface area contributed by atoms with Crippen molar-refractivity contribution in [3.63, 3.8) is 0 Å². The van der Waals surface area contributed by atoms with Crippen molar-refractivity contribution in [1.29, 1.82) is 0 Å². The van der Waals surface area contributed by atoms with Gasteiger partial charge in [0.1, 0.15) is 5.75 Å². The Balaban J connectivity index is 2.52. The molecule has 1 aromatic rings. The Morgan fingerprint density at radius 1 is 1.13 bits per heavy atom. The zero-order valence-electron chi connectivity index (χ0n) is 13.9. The summed E-state index contributed by atoms with van der Waals surface area (Å²) < 4.78 is 9.28. The van der Waals surface area contributed by atoms with Gasteiger partial charge in [-0.3, -0.25) is 4.84 Å². The van der Waals surface area contributed by atoms with Gasteiger partial charge in [0, 0.05) is 0 Å². The largest absolute Gasteiger partial charge is 0.515 e. The predicted molar refractivity (Wildman–Crippen MR) is 83.4 cm³/mol. The predicted octanol–water partition coefficient (Wildman–Crippen LogP) is 3.84. The highest BCUT2D eigenvalue weighted by atomic mass is 17.0. The van der Waals surface area contributed by atoms with Gasteiger partial charge < -0.3 is 9.47 Å². The molecule has 0 spiro atoms. The zero-order valence-corrected chi connectivity index (χ0v) is 13.9. The van der Waals surface area contributed by atoms with E-state index in [9.17, 15) is 14.9 Å². The number of carbonyl (C=O) groups is 1. The van der Waals surface area contributed by atoms with Crippen molar-refractivity contribution < 1.29 is 24.2 Å². The van der Waals surface area contributed by atoms with Crippen LogP contribution in [0, 0.1) is 27.9 Å². The van der Waals surface area contributed by atoms with Crippen LogP contribution in [-0.4, -0.2) is 18.0 Å². The molecular weight excluding hydrogens is 302 g/mol. The summed E-state index contributed by atoms with van der Waals surface area (Å²) in [5.41, 5.74) is 1.16. The van der Waals surface area contributed by atoms with Crippen LogP contribution in [0.5, 0.6) is 5.75 Å². The third-order valence-electron chi connectivity index (χ3n) is 3.64. The first-order valence-corrected chi connectivity index (χ1v) is 7.50. The maximum Gasteiger partial charge on any atom is 0.515 e. The van der Waals surface area contributed by atoms with Crippen LogP contribution in [0.2, 0.25) is 0 Å². The van der Waals surface area contributed by atoms with E-state index in [1.54, 1.807) is 12.1 Å². The fourth-order valence-corrected chi connectivity index (χ4v) is 2.45. The summed E-state index contributed by atoms with van der Waals surface area (Å²) in [6.45, 7) is 8.06. The van der Waals surface area contributed by atoms with Gasteiger partial charge in [0.2, 0.25) is 6.79 Å². The van der Waals surface area contributed by atoms with E-state index in [-0.39, 0.29) is 0 Å². The van der Waals surface area contributed by atoms with Gasteiger partial charge in [-0.2, -0.15) is 0 Å². The van der Waals surface area contributed by atoms with Crippen molar-refractivity contribution in [2.24, 2.45) is 17.8 Å². The lowest BCUT2D eigenvalue weighted by Crippen LogP contribution is -2.18. The molecule has 0 fully saturated rings. The molecule has 0 bridgehead atoms. The van der Waals surface area contributed by atoms with Crippen molar-refractivity contribution in [2.45, 2.75) is 34.1 Å². The quantitative estimate of drug-likeness (QED) is 0.237. The number of carbonyl (C=O) groups excluding carboxylic acids is 1. The van der Waals surface area contributed by atoms with Crippen LogP contribution < -0.4 is 4.74 Å². The zero-order chi connectivity index (χ0) is 17.4. The lowest BCUT2D eigenvalue weighted by atomic mass is 9.81. The van der Waals surface area contributed by atoms with Crippen molar-refractivity contribution in [3.05, 3.63) is 39.9 Å². The molecule has 128 valence electrons. The van der Waals surface area contributed by atoms with Crippen LogP contribution in [0.1, 0.15) is 33.3 Å². The topological polar surface area (TPSA) is 87.9 Å². The van der Waals surface area contributed by atoms with Gasteiger partial charge in [0.05, 0.1) is 0 Å². The third kappa shape index (κ3) is 6.99. The molecule has 0 aliphatic carbocycles. The molecule has 1 rings (SSSR count). The Hall–Kier alpha value is -2.31. The van der Waals surface area contributed by atoms with E-state index >= 15 is 0 Å². The molecule has 0 radical (unpaired) electrons. The normalized spacial score (nSPS) is 10.9. The number of hydrogen-bond donors (Lipinski definition) is 0. The molecule has 7 nitrogen and oxygen atoms in total. The Kier molecular flexibility index (Phi) is 7.31. The molecule has 0 atom stereocenters. The minimum atomic E-state index is -1.05. The summed E-state index contributed by atoms with van der Waals surface area (Å²) in [6, 6.07) is 7.13. The van der Waals surface area contributed by atoms with Crippen molar-refractivity contribution in [3.8, 4) is 5.75 Å². The Bertz CT molecular complexity index is 504. The first-order valence-electron chi connectivity index (χ1n) is 7.50. The van der Waals surface area contributed by atoms with E-state index < -0.39 is 18.0 Å². The van der Waals surface area contributed by atoms with Gasteiger partial charge >= 0.3 is 6.16 Å². The minimum Gasteiger partial charge on any atom is -0.406 e. The van der Waals surface area contributed by atoms with Gasteiger partial charge in [-0.25, -0.2) is 4.79 Å². The number of benzene rings is 1. The molecule has 0 aromatic heterocycles. The highest BCUT2D eigenvalue weighted by Gasteiger charge is 2.18. The van der Waals surface area contributed by atoms with E-state index in [1.165, 1.54) is 0 Å². The highest BCUT2D eigenvalue weighted by molar-refractivity contribution is 5.63. The number of hydrogen-bond acceptors (Lipinski definition) is 6. The standard InChI is InChI=1S/C16H23NO6/c1-11(2)15(12(3)4)9-13-5-7-14(8-6-13)23-16(18)21-10-22-17(19)20/h5-8,11-12,15H,9-10H2,1-4H3. The minimum absolute atomic E-state index is 0.311. The summed E-state index contributed by atoms with van der Waals surface area (Å²) in [7, 11) is 0. The monoisotopic (exact) mass is 325 g/mol. The molecule has 0 saturated heterocycles. The average Bonchev–Trinajstić information content (AvgIpc) is 2.45. The Labute approximate surface area is 135 Å². The van der Waals surface area contributed by atoms with E-state index in [4.69, 9.17) is 4.74 Å². The van der Waals surface area contributed by atoms with E-state index in [0.29, 0.717) is 23.5 Å². The van der Waals surface area contributed by atoms with E-state index in [1.807, 2.05) is 12.1 Å².